The standard InChI is InChI=1S/C13H16N2O4S/c1-2-5-12(13(16)17)15-20(18,19)9-11-7-4-3-6-10(11)8-14/h3-4,6-7,12,15H,2,5,9H2,1H3,(H,16,17)/t12-/m1/s1. The maximum atomic E-state index is 12.0. The largest absolute Gasteiger partial charge is 0.480 e. The van der Waals surface area contributed by atoms with E-state index in [0.29, 0.717) is 12.0 Å². The Hall–Kier alpha value is -1.91. The van der Waals surface area contributed by atoms with Crippen LogP contribution in [0.4, 0.5) is 0 Å². The van der Waals surface area contributed by atoms with E-state index >= 15 is 0 Å². The zero-order valence-electron chi connectivity index (χ0n) is 11.0. The molecule has 108 valence electrons. The van der Waals surface area contributed by atoms with Gasteiger partial charge in [0.25, 0.3) is 0 Å². The van der Waals surface area contributed by atoms with Crippen molar-refractivity contribution in [3.8, 4) is 6.07 Å². The second-order valence-corrected chi connectivity index (χ2v) is 6.08. The number of sulfonamides is 1. The second-order valence-electron chi connectivity index (χ2n) is 4.33. The number of carbonyl (C=O) groups is 1. The van der Waals surface area contributed by atoms with Gasteiger partial charge in [-0.05, 0) is 18.1 Å². The van der Waals surface area contributed by atoms with Crippen molar-refractivity contribution in [1.29, 1.82) is 5.26 Å². The highest BCUT2D eigenvalue weighted by molar-refractivity contribution is 7.88. The number of carboxylic acids is 1. The molecule has 0 saturated heterocycles. The maximum absolute atomic E-state index is 12.0. The summed E-state index contributed by atoms with van der Waals surface area (Å²) >= 11 is 0. The molecule has 2 N–H and O–H groups in total. The van der Waals surface area contributed by atoms with Gasteiger partial charge in [-0.15, -0.1) is 0 Å². The molecule has 1 aromatic rings. The summed E-state index contributed by atoms with van der Waals surface area (Å²) in [5, 5.41) is 17.9. The van der Waals surface area contributed by atoms with Gasteiger partial charge < -0.3 is 5.11 Å². The van der Waals surface area contributed by atoms with Crippen LogP contribution in [0.15, 0.2) is 24.3 Å². The first-order valence-electron chi connectivity index (χ1n) is 6.10. The van der Waals surface area contributed by atoms with E-state index in [1.807, 2.05) is 6.07 Å². The van der Waals surface area contributed by atoms with E-state index in [0.717, 1.165) is 0 Å². The lowest BCUT2D eigenvalue weighted by Crippen LogP contribution is -2.41. The van der Waals surface area contributed by atoms with Crippen LogP contribution in [-0.4, -0.2) is 25.5 Å². The number of hydrogen-bond acceptors (Lipinski definition) is 4. The lowest BCUT2D eigenvalue weighted by Gasteiger charge is -2.14. The summed E-state index contributed by atoms with van der Waals surface area (Å²) in [6.07, 6.45) is 0.767. The number of nitrogens with zero attached hydrogens (tertiary/aromatic N) is 1. The van der Waals surface area contributed by atoms with E-state index in [-0.39, 0.29) is 12.0 Å². The molecular weight excluding hydrogens is 280 g/mol. The van der Waals surface area contributed by atoms with Crippen LogP contribution in [0.5, 0.6) is 0 Å². The quantitative estimate of drug-likeness (QED) is 0.787. The molecule has 0 bridgehead atoms. The third kappa shape index (κ3) is 4.64. The van der Waals surface area contributed by atoms with E-state index < -0.39 is 27.8 Å². The molecule has 1 rings (SSSR count). The maximum Gasteiger partial charge on any atom is 0.321 e. The monoisotopic (exact) mass is 296 g/mol. The summed E-state index contributed by atoms with van der Waals surface area (Å²) in [5.41, 5.74) is 0.614. The van der Waals surface area contributed by atoms with Gasteiger partial charge in [-0.2, -0.15) is 5.26 Å². The molecule has 1 atom stereocenters. The van der Waals surface area contributed by atoms with E-state index in [2.05, 4.69) is 4.72 Å². The molecule has 1 aromatic carbocycles. The van der Waals surface area contributed by atoms with Crippen LogP contribution in [0, 0.1) is 11.3 Å². The summed E-state index contributed by atoms with van der Waals surface area (Å²) in [7, 11) is -3.82. The Kier molecular flexibility index (Phi) is 5.67. The minimum Gasteiger partial charge on any atom is -0.480 e. The Balaban J connectivity index is 2.90. The number of aliphatic carboxylic acids is 1. The number of nitrogens with one attached hydrogen (secondary N) is 1. The van der Waals surface area contributed by atoms with Gasteiger partial charge in [-0.1, -0.05) is 31.5 Å². The highest BCUT2D eigenvalue weighted by Crippen LogP contribution is 2.12. The molecule has 7 heteroatoms. The van der Waals surface area contributed by atoms with Crippen molar-refractivity contribution < 1.29 is 18.3 Å². The third-order valence-corrected chi connectivity index (χ3v) is 4.02. The van der Waals surface area contributed by atoms with Crippen LogP contribution in [0.2, 0.25) is 0 Å². The van der Waals surface area contributed by atoms with Crippen molar-refractivity contribution in [1.82, 2.24) is 4.72 Å². The highest BCUT2D eigenvalue weighted by Gasteiger charge is 2.24. The summed E-state index contributed by atoms with van der Waals surface area (Å²) in [6, 6.07) is 7.10. The van der Waals surface area contributed by atoms with Crippen molar-refractivity contribution in [3.63, 3.8) is 0 Å². The number of benzene rings is 1. The molecule has 0 radical (unpaired) electrons. The Morgan fingerprint density at radius 3 is 2.65 bits per heavy atom. The second kappa shape index (κ2) is 7.03. The average molecular weight is 296 g/mol. The molecule has 0 aliphatic heterocycles. The lowest BCUT2D eigenvalue weighted by molar-refractivity contribution is -0.139. The molecule has 0 heterocycles. The van der Waals surface area contributed by atoms with Gasteiger partial charge in [0, 0.05) is 0 Å². The molecule has 0 fully saturated rings. The molecule has 0 aromatic heterocycles. The molecule has 20 heavy (non-hydrogen) atoms. The summed E-state index contributed by atoms with van der Waals surface area (Å²) < 4.78 is 26.1. The van der Waals surface area contributed by atoms with E-state index in [4.69, 9.17) is 10.4 Å². The van der Waals surface area contributed by atoms with Crippen LogP contribution in [0.3, 0.4) is 0 Å². The first-order chi connectivity index (χ1) is 9.39. The number of rotatable bonds is 7. The fourth-order valence-corrected chi connectivity index (χ4v) is 3.14. The molecule has 0 saturated carbocycles. The van der Waals surface area contributed by atoms with Crippen LogP contribution in [0.25, 0.3) is 0 Å². The molecular formula is C13H16N2O4S. The molecule has 0 amide bonds. The fraction of sp³-hybridized carbons (Fsp3) is 0.385. The first kappa shape index (κ1) is 16.1. The van der Waals surface area contributed by atoms with Crippen molar-refractivity contribution >= 4 is 16.0 Å². The Labute approximate surface area is 118 Å². The third-order valence-electron chi connectivity index (χ3n) is 2.68. The van der Waals surface area contributed by atoms with Gasteiger partial charge in [-0.25, -0.2) is 13.1 Å². The zero-order chi connectivity index (χ0) is 15.2. The van der Waals surface area contributed by atoms with Crippen molar-refractivity contribution in [3.05, 3.63) is 35.4 Å². The van der Waals surface area contributed by atoms with Gasteiger partial charge in [0.05, 0.1) is 17.4 Å². The molecule has 0 unspecified atom stereocenters. The molecule has 0 aliphatic carbocycles. The smallest absolute Gasteiger partial charge is 0.321 e. The topological polar surface area (TPSA) is 107 Å². The van der Waals surface area contributed by atoms with Crippen LogP contribution < -0.4 is 4.72 Å². The highest BCUT2D eigenvalue weighted by atomic mass is 32.2. The summed E-state index contributed by atoms with van der Waals surface area (Å²) in [5.74, 6) is -1.62. The van der Waals surface area contributed by atoms with Gasteiger partial charge in [0.15, 0.2) is 0 Å². The number of hydrogen-bond donors (Lipinski definition) is 2. The predicted molar refractivity (Wildman–Crippen MR) is 73.2 cm³/mol. The molecule has 0 spiro atoms. The predicted octanol–water partition coefficient (Wildman–Crippen LogP) is 1.23. The van der Waals surface area contributed by atoms with E-state index in [1.54, 1.807) is 19.1 Å². The minimum atomic E-state index is -3.82. The Morgan fingerprint density at radius 2 is 2.10 bits per heavy atom. The van der Waals surface area contributed by atoms with Gasteiger partial charge in [-0.3, -0.25) is 4.79 Å². The van der Waals surface area contributed by atoms with Crippen LogP contribution in [-0.2, 0) is 20.6 Å². The van der Waals surface area contributed by atoms with Crippen LogP contribution in [0.1, 0.15) is 30.9 Å². The zero-order valence-corrected chi connectivity index (χ0v) is 11.9. The minimum absolute atomic E-state index is 0.217. The van der Waals surface area contributed by atoms with Crippen LogP contribution >= 0.6 is 0 Å². The fourth-order valence-electron chi connectivity index (χ4n) is 1.74. The van der Waals surface area contributed by atoms with E-state index in [9.17, 15) is 13.2 Å². The Morgan fingerprint density at radius 1 is 1.45 bits per heavy atom. The summed E-state index contributed by atoms with van der Waals surface area (Å²) in [6.45, 7) is 1.77. The SMILES string of the molecule is CCC[C@@H](NS(=O)(=O)Cc1ccccc1C#N)C(=O)O. The normalized spacial score (nSPS) is 12.6. The van der Waals surface area contributed by atoms with Gasteiger partial charge in [0.1, 0.15) is 6.04 Å². The van der Waals surface area contributed by atoms with Gasteiger partial charge in [0.2, 0.25) is 10.0 Å². The van der Waals surface area contributed by atoms with Gasteiger partial charge >= 0.3 is 5.97 Å². The number of nitriles is 1. The average Bonchev–Trinajstić information content (AvgIpc) is 2.38. The van der Waals surface area contributed by atoms with Crippen molar-refractivity contribution in [2.24, 2.45) is 0 Å². The number of carboxylic acid groups (broad SMARTS) is 1. The van der Waals surface area contributed by atoms with Crippen molar-refractivity contribution in [2.75, 3.05) is 0 Å². The first-order valence-corrected chi connectivity index (χ1v) is 7.75. The van der Waals surface area contributed by atoms with Crippen molar-refractivity contribution in [2.45, 2.75) is 31.6 Å². The lowest BCUT2D eigenvalue weighted by atomic mass is 10.1. The Bertz CT molecular complexity index is 620. The molecule has 6 nitrogen and oxygen atoms in total. The summed E-state index contributed by atoms with van der Waals surface area (Å²) in [4.78, 5) is 11.0. The van der Waals surface area contributed by atoms with E-state index in [1.165, 1.54) is 12.1 Å². The molecule has 0 aliphatic rings.